The number of hydrogen-bond donors (Lipinski definition) is 1. The minimum Gasteiger partial charge on any atom is -0.390 e. The highest BCUT2D eigenvalue weighted by atomic mass is 16.5. The molecule has 108 valence electrons. The van der Waals surface area contributed by atoms with Crippen molar-refractivity contribution in [1.29, 1.82) is 0 Å². The average molecular weight is 268 g/mol. The zero-order valence-electron chi connectivity index (χ0n) is 11.8. The molecule has 0 bridgehead atoms. The van der Waals surface area contributed by atoms with Crippen LogP contribution >= 0.6 is 0 Å². The zero-order chi connectivity index (χ0) is 13.7. The first-order valence-electron chi connectivity index (χ1n) is 7.11. The van der Waals surface area contributed by atoms with Crippen LogP contribution in [0.1, 0.15) is 32.3 Å². The molecule has 0 radical (unpaired) electrons. The van der Waals surface area contributed by atoms with Crippen LogP contribution in [0.5, 0.6) is 0 Å². The molecule has 0 aromatic carbocycles. The number of ether oxygens (including phenoxy) is 2. The second-order valence-corrected chi connectivity index (χ2v) is 5.03. The van der Waals surface area contributed by atoms with Crippen LogP contribution in [0.4, 0.5) is 0 Å². The molecule has 0 amide bonds. The van der Waals surface area contributed by atoms with Crippen molar-refractivity contribution in [3.63, 3.8) is 0 Å². The minimum atomic E-state index is -0.508. The molecule has 2 heterocycles. The Hall–Kier alpha value is -0.910. The molecule has 19 heavy (non-hydrogen) atoms. The minimum absolute atomic E-state index is 0.457. The summed E-state index contributed by atoms with van der Waals surface area (Å²) < 4.78 is 13.1. The van der Waals surface area contributed by atoms with E-state index in [1.54, 1.807) is 0 Å². The molecular formula is C14H24N2O3. The molecule has 1 fully saturated rings. The molecule has 2 rings (SSSR count). The third-order valence-electron chi connectivity index (χ3n) is 3.82. The van der Waals surface area contributed by atoms with Crippen molar-refractivity contribution >= 4 is 0 Å². The van der Waals surface area contributed by atoms with Gasteiger partial charge in [-0.2, -0.15) is 5.10 Å². The van der Waals surface area contributed by atoms with E-state index in [1.807, 2.05) is 30.9 Å². The molecule has 1 aromatic heterocycles. The van der Waals surface area contributed by atoms with E-state index in [-0.39, 0.29) is 0 Å². The van der Waals surface area contributed by atoms with Gasteiger partial charge in [0.15, 0.2) is 0 Å². The largest absolute Gasteiger partial charge is 0.390 e. The second-order valence-electron chi connectivity index (χ2n) is 5.03. The maximum atomic E-state index is 10.6. The molecule has 1 N–H and O–H groups in total. The van der Waals surface area contributed by atoms with Crippen molar-refractivity contribution in [1.82, 2.24) is 9.78 Å². The lowest BCUT2D eigenvalue weighted by Gasteiger charge is -2.40. The summed E-state index contributed by atoms with van der Waals surface area (Å²) in [6.07, 6.45) is 5.40. The van der Waals surface area contributed by atoms with E-state index in [0.29, 0.717) is 26.2 Å². The van der Waals surface area contributed by atoms with Gasteiger partial charge in [-0.05, 0) is 19.4 Å². The maximum Gasteiger partial charge on any atom is 0.0987 e. The van der Waals surface area contributed by atoms with E-state index >= 15 is 0 Å². The molecule has 5 nitrogen and oxygen atoms in total. The first-order valence-corrected chi connectivity index (χ1v) is 7.11. The average Bonchev–Trinajstić information content (AvgIpc) is 2.88. The quantitative estimate of drug-likeness (QED) is 0.847. The van der Waals surface area contributed by atoms with Gasteiger partial charge < -0.3 is 14.6 Å². The summed E-state index contributed by atoms with van der Waals surface area (Å²) in [7, 11) is 0. The smallest absolute Gasteiger partial charge is 0.0987 e. The number of rotatable bonds is 6. The molecule has 0 aliphatic carbocycles. The van der Waals surface area contributed by atoms with Crippen LogP contribution in [0, 0.1) is 0 Å². The Morgan fingerprint density at radius 3 is 2.79 bits per heavy atom. The summed E-state index contributed by atoms with van der Waals surface area (Å²) in [6, 6.07) is 0. The topological polar surface area (TPSA) is 56.5 Å². The number of aliphatic hydroxyl groups excluding tert-OH is 1. The van der Waals surface area contributed by atoms with Crippen molar-refractivity contribution in [2.45, 2.75) is 51.4 Å². The summed E-state index contributed by atoms with van der Waals surface area (Å²) in [4.78, 5) is 0. The Labute approximate surface area is 114 Å². The van der Waals surface area contributed by atoms with Crippen LogP contribution in [0.2, 0.25) is 0 Å². The van der Waals surface area contributed by atoms with Crippen LogP contribution in [0.3, 0.4) is 0 Å². The molecule has 1 atom stereocenters. The summed E-state index contributed by atoms with van der Waals surface area (Å²) in [6.45, 7) is 6.80. The predicted molar refractivity (Wildman–Crippen MR) is 72.0 cm³/mol. The van der Waals surface area contributed by atoms with Crippen molar-refractivity contribution in [2.75, 3.05) is 19.8 Å². The Morgan fingerprint density at radius 2 is 2.21 bits per heavy atom. The van der Waals surface area contributed by atoms with Crippen molar-refractivity contribution in [3.8, 4) is 0 Å². The number of aryl methyl sites for hydroxylation is 1. The Morgan fingerprint density at radius 1 is 1.47 bits per heavy atom. The summed E-state index contributed by atoms with van der Waals surface area (Å²) in [5.41, 5.74) is 0.598. The van der Waals surface area contributed by atoms with Gasteiger partial charge in [0.25, 0.3) is 0 Å². The molecule has 0 spiro atoms. The lowest BCUT2D eigenvalue weighted by atomic mass is 9.85. The summed E-state index contributed by atoms with van der Waals surface area (Å²) in [5.74, 6) is 0. The Balaban J connectivity index is 2.04. The van der Waals surface area contributed by atoms with Crippen LogP contribution in [-0.4, -0.2) is 46.4 Å². The Bertz CT molecular complexity index is 380. The van der Waals surface area contributed by atoms with Gasteiger partial charge in [0, 0.05) is 51.8 Å². The highest BCUT2D eigenvalue weighted by Crippen LogP contribution is 2.30. The molecule has 1 aromatic rings. The maximum absolute atomic E-state index is 10.6. The zero-order valence-corrected chi connectivity index (χ0v) is 11.8. The fraction of sp³-hybridized carbons (Fsp3) is 0.786. The molecule has 5 heteroatoms. The fourth-order valence-electron chi connectivity index (χ4n) is 2.67. The first kappa shape index (κ1) is 14.5. The van der Waals surface area contributed by atoms with Gasteiger partial charge in [-0.25, -0.2) is 0 Å². The van der Waals surface area contributed by atoms with Gasteiger partial charge >= 0.3 is 0 Å². The van der Waals surface area contributed by atoms with E-state index in [2.05, 4.69) is 5.10 Å². The van der Waals surface area contributed by atoms with Crippen molar-refractivity contribution < 1.29 is 14.6 Å². The van der Waals surface area contributed by atoms with E-state index in [9.17, 15) is 5.11 Å². The van der Waals surface area contributed by atoms with E-state index in [4.69, 9.17) is 9.47 Å². The molecule has 1 aliphatic heterocycles. The standard InChI is InChI=1S/C14H24N2O3/c1-3-16-11-12(10-15-16)9-13(17)14(19-4-2)5-7-18-8-6-14/h10-11,13,17H,3-9H2,1-2H3. The summed E-state index contributed by atoms with van der Waals surface area (Å²) >= 11 is 0. The van der Waals surface area contributed by atoms with Gasteiger partial charge in [0.05, 0.1) is 17.9 Å². The van der Waals surface area contributed by atoms with Gasteiger partial charge in [-0.3, -0.25) is 4.68 Å². The SMILES string of the molecule is CCOC1(C(O)Cc2cnn(CC)c2)CCOCC1. The van der Waals surface area contributed by atoms with E-state index in [1.165, 1.54) is 0 Å². The number of aliphatic hydroxyl groups is 1. The van der Waals surface area contributed by atoms with Gasteiger partial charge in [-0.15, -0.1) is 0 Å². The molecule has 1 unspecified atom stereocenters. The van der Waals surface area contributed by atoms with E-state index in [0.717, 1.165) is 24.9 Å². The van der Waals surface area contributed by atoms with Gasteiger partial charge in [0.1, 0.15) is 0 Å². The van der Waals surface area contributed by atoms with Gasteiger partial charge in [-0.1, -0.05) is 0 Å². The normalized spacial score (nSPS) is 20.4. The highest BCUT2D eigenvalue weighted by Gasteiger charge is 2.40. The molecular weight excluding hydrogens is 244 g/mol. The van der Waals surface area contributed by atoms with Crippen molar-refractivity contribution in [2.24, 2.45) is 0 Å². The van der Waals surface area contributed by atoms with Crippen LogP contribution in [0.25, 0.3) is 0 Å². The molecule has 1 aliphatic rings. The van der Waals surface area contributed by atoms with Gasteiger partial charge in [0.2, 0.25) is 0 Å². The third kappa shape index (κ3) is 3.35. The van der Waals surface area contributed by atoms with Crippen LogP contribution < -0.4 is 0 Å². The fourth-order valence-corrected chi connectivity index (χ4v) is 2.67. The summed E-state index contributed by atoms with van der Waals surface area (Å²) in [5, 5.41) is 14.8. The molecule has 1 saturated heterocycles. The predicted octanol–water partition coefficient (Wildman–Crippen LogP) is 1.39. The number of nitrogens with zero attached hydrogens (tertiary/aromatic N) is 2. The lowest BCUT2D eigenvalue weighted by Crippen LogP contribution is -2.50. The van der Waals surface area contributed by atoms with Crippen LogP contribution in [0.15, 0.2) is 12.4 Å². The Kier molecular flexibility index (Phi) is 4.96. The monoisotopic (exact) mass is 268 g/mol. The second kappa shape index (κ2) is 6.50. The highest BCUT2D eigenvalue weighted by molar-refractivity contribution is 5.08. The number of aromatic nitrogens is 2. The first-order chi connectivity index (χ1) is 9.20. The van der Waals surface area contributed by atoms with Crippen LogP contribution in [-0.2, 0) is 22.4 Å². The van der Waals surface area contributed by atoms with Crippen molar-refractivity contribution in [3.05, 3.63) is 18.0 Å². The lowest BCUT2D eigenvalue weighted by molar-refractivity contribution is -0.165. The third-order valence-corrected chi connectivity index (χ3v) is 3.82. The molecule has 0 saturated carbocycles. The van der Waals surface area contributed by atoms with E-state index < -0.39 is 11.7 Å². The number of hydrogen-bond acceptors (Lipinski definition) is 4.